The Morgan fingerprint density at radius 3 is 2.13 bits per heavy atom. The van der Waals surface area contributed by atoms with E-state index in [0.717, 1.165) is 35.6 Å². The first-order chi connectivity index (χ1) is 14.2. The molecule has 1 amide bonds. The second kappa shape index (κ2) is 9.58. The topological polar surface area (TPSA) is 57.7 Å². The van der Waals surface area contributed by atoms with Crippen LogP contribution in [0.3, 0.4) is 0 Å². The maximum atomic E-state index is 13.5. The van der Waals surface area contributed by atoms with Gasteiger partial charge in [-0.15, -0.1) is 0 Å². The van der Waals surface area contributed by atoms with Crippen LogP contribution >= 0.6 is 23.2 Å². The maximum Gasteiger partial charge on any atom is 0.264 e. The molecule has 2 aromatic carbocycles. The Balaban J connectivity index is 1.97. The van der Waals surface area contributed by atoms with Crippen LogP contribution < -0.4 is 4.31 Å². The number of aryl methyl sites for hydroxylation is 1. The minimum absolute atomic E-state index is 0.109. The highest BCUT2D eigenvalue weighted by molar-refractivity contribution is 7.92. The number of sulfonamides is 1. The largest absolute Gasteiger partial charge is 0.341 e. The minimum atomic E-state index is -4.00. The van der Waals surface area contributed by atoms with Gasteiger partial charge in [0.2, 0.25) is 5.91 Å². The van der Waals surface area contributed by atoms with Crippen LogP contribution in [-0.4, -0.2) is 38.9 Å². The molecule has 1 aliphatic rings. The fourth-order valence-electron chi connectivity index (χ4n) is 3.74. The number of rotatable bonds is 6. The van der Waals surface area contributed by atoms with Gasteiger partial charge in [-0.3, -0.25) is 9.10 Å². The first-order valence-electron chi connectivity index (χ1n) is 9.99. The molecular formula is C22H26Cl2N2O3S. The number of halogens is 2. The molecule has 0 heterocycles. The van der Waals surface area contributed by atoms with Gasteiger partial charge in [0.25, 0.3) is 10.0 Å². The predicted octanol–water partition coefficient (Wildman–Crippen LogP) is 5.29. The highest BCUT2D eigenvalue weighted by atomic mass is 35.5. The Labute approximate surface area is 188 Å². The van der Waals surface area contributed by atoms with Crippen molar-refractivity contribution in [1.29, 1.82) is 0 Å². The summed E-state index contributed by atoms with van der Waals surface area (Å²) >= 11 is 12.3. The van der Waals surface area contributed by atoms with Crippen molar-refractivity contribution in [3.8, 4) is 0 Å². The monoisotopic (exact) mass is 468 g/mol. The number of hydrogen-bond acceptors (Lipinski definition) is 3. The van der Waals surface area contributed by atoms with Crippen LogP contribution in [0.1, 0.15) is 37.7 Å². The number of hydrogen-bond donors (Lipinski definition) is 0. The number of carbonyl (C=O) groups is 1. The summed E-state index contributed by atoms with van der Waals surface area (Å²) < 4.78 is 28.0. The average molecular weight is 469 g/mol. The highest BCUT2D eigenvalue weighted by Gasteiger charge is 2.30. The van der Waals surface area contributed by atoms with Crippen LogP contribution in [0, 0.1) is 6.92 Å². The Morgan fingerprint density at radius 2 is 1.57 bits per heavy atom. The van der Waals surface area contributed by atoms with E-state index in [2.05, 4.69) is 0 Å². The SMILES string of the molecule is Cc1ccc(S(=O)(=O)N(CC(=O)N(C)C2CCCCC2)c2cc(Cl)cc(Cl)c2)cc1. The van der Waals surface area contributed by atoms with Crippen LogP contribution in [0.25, 0.3) is 0 Å². The lowest BCUT2D eigenvalue weighted by Gasteiger charge is -2.33. The zero-order valence-electron chi connectivity index (χ0n) is 17.1. The summed E-state index contributed by atoms with van der Waals surface area (Å²) in [5, 5.41) is 0.601. The molecule has 162 valence electrons. The summed E-state index contributed by atoms with van der Waals surface area (Å²) in [6, 6.07) is 11.2. The number of anilines is 1. The number of benzene rings is 2. The van der Waals surface area contributed by atoms with Gasteiger partial charge in [-0.1, -0.05) is 60.2 Å². The van der Waals surface area contributed by atoms with E-state index in [9.17, 15) is 13.2 Å². The summed E-state index contributed by atoms with van der Waals surface area (Å²) in [4.78, 5) is 14.9. The average Bonchev–Trinajstić information content (AvgIpc) is 2.71. The normalized spacial score (nSPS) is 15.1. The number of nitrogens with zero attached hydrogens (tertiary/aromatic N) is 2. The molecule has 8 heteroatoms. The number of amides is 1. The Bertz CT molecular complexity index is 983. The van der Waals surface area contributed by atoms with Gasteiger partial charge in [0.15, 0.2) is 0 Å². The third kappa shape index (κ3) is 5.29. The highest BCUT2D eigenvalue weighted by Crippen LogP contribution is 2.30. The van der Waals surface area contributed by atoms with Crippen LogP contribution in [0.2, 0.25) is 10.0 Å². The molecule has 1 fully saturated rings. The molecule has 0 unspecified atom stereocenters. The molecule has 30 heavy (non-hydrogen) atoms. The zero-order valence-corrected chi connectivity index (χ0v) is 19.5. The van der Waals surface area contributed by atoms with Crippen molar-refractivity contribution >= 4 is 44.8 Å². The van der Waals surface area contributed by atoms with Gasteiger partial charge in [-0.2, -0.15) is 0 Å². The Morgan fingerprint density at radius 1 is 1.00 bits per heavy atom. The summed E-state index contributed by atoms with van der Waals surface area (Å²) in [5.41, 5.74) is 1.21. The van der Waals surface area contributed by atoms with Crippen molar-refractivity contribution in [3.05, 3.63) is 58.1 Å². The van der Waals surface area contributed by atoms with Gasteiger partial charge in [0.05, 0.1) is 10.6 Å². The molecule has 2 aromatic rings. The third-order valence-corrected chi connectivity index (χ3v) is 7.76. The molecule has 0 radical (unpaired) electrons. The first-order valence-corrected chi connectivity index (χ1v) is 12.2. The van der Waals surface area contributed by atoms with Gasteiger partial charge >= 0.3 is 0 Å². The zero-order chi connectivity index (χ0) is 21.9. The fourth-order valence-corrected chi connectivity index (χ4v) is 5.65. The van der Waals surface area contributed by atoms with Gasteiger partial charge in [-0.05, 0) is 50.1 Å². The van der Waals surface area contributed by atoms with Crippen molar-refractivity contribution in [2.75, 3.05) is 17.9 Å². The Kier molecular flexibility index (Phi) is 7.32. The van der Waals surface area contributed by atoms with Crippen molar-refractivity contribution in [2.45, 2.75) is 50.0 Å². The van der Waals surface area contributed by atoms with E-state index in [4.69, 9.17) is 23.2 Å². The number of carbonyl (C=O) groups excluding carboxylic acids is 1. The summed E-state index contributed by atoms with van der Waals surface area (Å²) in [6.07, 6.45) is 5.22. The second-order valence-corrected chi connectivity index (χ2v) is 10.5. The van der Waals surface area contributed by atoms with Gasteiger partial charge in [0, 0.05) is 23.1 Å². The van der Waals surface area contributed by atoms with Crippen molar-refractivity contribution in [1.82, 2.24) is 4.90 Å². The van der Waals surface area contributed by atoms with Crippen molar-refractivity contribution in [3.63, 3.8) is 0 Å². The van der Waals surface area contributed by atoms with E-state index in [1.165, 1.54) is 24.6 Å². The third-order valence-electron chi connectivity index (χ3n) is 5.54. The quantitative estimate of drug-likeness (QED) is 0.578. The van der Waals surface area contributed by atoms with E-state index >= 15 is 0 Å². The lowest BCUT2D eigenvalue weighted by atomic mass is 9.94. The van der Waals surface area contributed by atoms with E-state index < -0.39 is 10.0 Å². The number of likely N-dealkylation sites (N-methyl/N-ethyl adjacent to an activating group) is 1. The molecule has 0 aromatic heterocycles. The maximum absolute atomic E-state index is 13.5. The predicted molar refractivity (Wildman–Crippen MR) is 122 cm³/mol. The summed E-state index contributed by atoms with van der Waals surface area (Å²) in [7, 11) is -2.25. The summed E-state index contributed by atoms with van der Waals surface area (Å²) in [6.45, 7) is 1.56. The van der Waals surface area contributed by atoms with E-state index in [-0.39, 0.29) is 29.1 Å². The lowest BCUT2D eigenvalue weighted by Crippen LogP contribution is -2.46. The van der Waals surface area contributed by atoms with Crippen LogP contribution in [0.15, 0.2) is 47.4 Å². The van der Waals surface area contributed by atoms with E-state index in [1.807, 2.05) is 6.92 Å². The van der Waals surface area contributed by atoms with Crippen molar-refractivity contribution in [2.24, 2.45) is 0 Å². The molecule has 5 nitrogen and oxygen atoms in total. The van der Waals surface area contributed by atoms with E-state index in [0.29, 0.717) is 10.0 Å². The van der Waals surface area contributed by atoms with Gasteiger partial charge in [0.1, 0.15) is 6.54 Å². The first kappa shape index (κ1) is 22.9. The molecule has 0 atom stereocenters. The molecule has 3 rings (SSSR count). The van der Waals surface area contributed by atoms with Gasteiger partial charge < -0.3 is 4.90 Å². The van der Waals surface area contributed by atoms with E-state index in [1.54, 1.807) is 36.2 Å². The Hall–Kier alpha value is -1.76. The van der Waals surface area contributed by atoms with Gasteiger partial charge in [-0.25, -0.2) is 8.42 Å². The second-order valence-electron chi connectivity index (χ2n) is 7.75. The summed E-state index contributed by atoms with van der Waals surface area (Å²) in [5.74, 6) is -0.256. The molecule has 0 saturated heterocycles. The molecule has 0 spiro atoms. The molecule has 0 bridgehead atoms. The van der Waals surface area contributed by atoms with Crippen molar-refractivity contribution < 1.29 is 13.2 Å². The molecule has 1 aliphatic carbocycles. The molecular weight excluding hydrogens is 443 g/mol. The van der Waals surface area contributed by atoms with Crippen LogP contribution in [-0.2, 0) is 14.8 Å². The standard InChI is InChI=1S/C22H26Cl2N2O3S/c1-16-8-10-21(11-9-16)30(28,29)26(20-13-17(23)12-18(24)14-20)15-22(27)25(2)19-6-4-3-5-7-19/h8-14,19H,3-7,15H2,1-2H3. The smallest absolute Gasteiger partial charge is 0.264 e. The molecule has 1 saturated carbocycles. The molecule has 0 aliphatic heterocycles. The minimum Gasteiger partial charge on any atom is -0.341 e. The lowest BCUT2D eigenvalue weighted by molar-refractivity contribution is -0.130. The van der Waals surface area contributed by atoms with Crippen LogP contribution in [0.5, 0.6) is 0 Å². The van der Waals surface area contributed by atoms with Crippen LogP contribution in [0.4, 0.5) is 5.69 Å². The fraction of sp³-hybridized carbons (Fsp3) is 0.409. The molecule has 0 N–H and O–H groups in total.